The average Bonchev–Trinajstić information content (AvgIpc) is 2.76. The second-order valence-electron chi connectivity index (χ2n) is 5.34. The average molecular weight is 325 g/mol. The number of halogens is 3. The summed E-state index contributed by atoms with van der Waals surface area (Å²) in [4.78, 5) is 16.2. The van der Waals surface area contributed by atoms with Crippen LogP contribution in [0.5, 0.6) is 0 Å². The number of aryl methyl sites for hydroxylation is 1. The van der Waals surface area contributed by atoms with Gasteiger partial charge in [0.15, 0.2) is 5.69 Å². The number of nitrogens with one attached hydrogen (secondary N) is 2. The van der Waals surface area contributed by atoms with Gasteiger partial charge in [0, 0.05) is 37.3 Å². The van der Waals surface area contributed by atoms with Gasteiger partial charge in [0.25, 0.3) is 5.91 Å². The molecular formula is C15H14F3N3O2. The van der Waals surface area contributed by atoms with Crippen LogP contribution in [0.1, 0.15) is 33.6 Å². The molecule has 0 radical (unpaired) electrons. The molecule has 5 nitrogen and oxygen atoms in total. The lowest BCUT2D eigenvalue weighted by atomic mass is 10.0. The predicted molar refractivity (Wildman–Crippen MR) is 74.3 cm³/mol. The Morgan fingerprint density at radius 1 is 1.35 bits per heavy atom. The molecular weight excluding hydrogens is 311 g/mol. The third kappa shape index (κ3) is 3.07. The molecule has 8 heteroatoms. The second kappa shape index (κ2) is 6.04. The molecule has 0 saturated carbocycles. The molecule has 0 atom stereocenters. The first-order valence-electron chi connectivity index (χ1n) is 7.05. The largest absolute Gasteiger partial charge is 0.445 e. The van der Waals surface area contributed by atoms with Crippen LogP contribution in [-0.4, -0.2) is 24.0 Å². The molecule has 1 aliphatic rings. The van der Waals surface area contributed by atoms with E-state index < -0.39 is 35.5 Å². The van der Waals surface area contributed by atoms with Gasteiger partial charge in [0.05, 0.1) is 5.92 Å². The molecule has 0 unspecified atom stereocenters. The van der Waals surface area contributed by atoms with Crippen LogP contribution in [0.25, 0.3) is 0 Å². The fourth-order valence-corrected chi connectivity index (χ4v) is 2.26. The number of carbonyl (C=O) groups is 1. The van der Waals surface area contributed by atoms with Crippen LogP contribution in [-0.2, 0) is 6.54 Å². The Hall–Kier alpha value is -2.35. The van der Waals surface area contributed by atoms with Crippen LogP contribution >= 0.6 is 0 Å². The van der Waals surface area contributed by atoms with Gasteiger partial charge in [-0.15, -0.1) is 0 Å². The first-order valence-corrected chi connectivity index (χ1v) is 7.05. The smallest absolute Gasteiger partial charge is 0.273 e. The maximum Gasteiger partial charge on any atom is 0.273 e. The number of nitrogens with zero attached hydrogens (tertiary/aromatic N) is 1. The molecule has 2 heterocycles. The van der Waals surface area contributed by atoms with E-state index in [4.69, 9.17) is 4.42 Å². The summed E-state index contributed by atoms with van der Waals surface area (Å²) in [6.07, 6.45) is 0. The lowest BCUT2D eigenvalue weighted by molar-refractivity contribution is 0.0944. The van der Waals surface area contributed by atoms with Crippen molar-refractivity contribution in [2.75, 3.05) is 13.1 Å². The van der Waals surface area contributed by atoms with Crippen molar-refractivity contribution in [1.29, 1.82) is 0 Å². The van der Waals surface area contributed by atoms with E-state index in [9.17, 15) is 18.0 Å². The van der Waals surface area contributed by atoms with Crippen molar-refractivity contribution < 1.29 is 22.4 Å². The standard InChI is InChI=1S/C15H14F3N3O2/c1-7-13(21-15(23-7)8-4-19-5-8)14(22)20-6-10-11(17)2-9(16)3-12(10)18/h2-3,8,19H,4-6H2,1H3,(H,20,22). The van der Waals surface area contributed by atoms with Gasteiger partial charge in [-0.1, -0.05) is 0 Å². The number of hydrogen-bond acceptors (Lipinski definition) is 4. The zero-order valence-corrected chi connectivity index (χ0v) is 12.3. The molecule has 0 aliphatic carbocycles. The molecule has 0 spiro atoms. The summed E-state index contributed by atoms with van der Waals surface area (Å²) in [5, 5.41) is 5.43. The summed E-state index contributed by atoms with van der Waals surface area (Å²) < 4.78 is 45.4. The van der Waals surface area contributed by atoms with Gasteiger partial charge < -0.3 is 15.1 Å². The molecule has 23 heavy (non-hydrogen) atoms. The van der Waals surface area contributed by atoms with E-state index >= 15 is 0 Å². The van der Waals surface area contributed by atoms with E-state index in [2.05, 4.69) is 15.6 Å². The van der Waals surface area contributed by atoms with E-state index in [0.29, 0.717) is 23.8 Å². The minimum atomic E-state index is -1.05. The number of carbonyl (C=O) groups excluding carboxylic acids is 1. The Bertz CT molecular complexity index is 733. The van der Waals surface area contributed by atoms with Crippen molar-refractivity contribution in [2.24, 2.45) is 0 Å². The Morgan fingerprint density at radius 3 is 2.57 bits per heavy atom. The van der Waals surface area contributed by atoms with Gasteiger partial charge in [0.1, 0.15) is 23.2 Å². The summed E-state index contributed by atoms with van der Waals surface area (Å²) >= 11 is 0. The number of aromatic nitrogens is 1. The SMILES string of the molecule is Cc1oc(C2CNC2)nc1C(=O)NCc1c(F)cc(F)cc1F. The fourth-order valence-electron chi connectivity index (χ4n) is 2.26. The molecule has 2 aromatic rings. The molecule has 3 rings (SSSR count). The molecule has 1 amide bonds. The van der Waals surface area contributed by atoms with Crippen LogP contribution in [0.15, 0.2) is 16.5 Å². The molecule has 1 fully saturated rings. The number of hydrogen-bond donors (Lipinski definition) is 2. The molecule has 1 saturated heterocycles. The Morgan fingerprint density at radius 2 is 2.00 bits per heavy atom. The monoisotopic (exact) mass is 325 g/mol. The van der Waals surface area contributed by atoms with Gasteiger partial charge in [-0.25, -0.2) is 18.2 Å². The van der Waals surface area contributed by atoms with Crippen molar-refractivity contribution in [2.45, 2.75) is 19.4 Å². The van der Waals surface area contributed by atoms with Crippen molar-refractivity contribution >= 4 is 5.91 Å². The first-order chi connectivity index (χ1) is 11.0. The van der Waals surface area contributed by atoms with Crippen LogP contribution in [0.4, 0.5) is 13.2 Å². The number of amides is 1. The normalized spacial score (nSPS) is 14.6. The van der Waals surface area contributed by atoms with E-state index in [1.807, 2.05) is 0 Å². The highest BCUT2D eigenvalue weighted by atomic mass is 19.1. The molecule has 1 aromatic heterocycles. The lowest BCUT2D eigenvalue weighted by Gasteiger charge is -2.23. The highest BCUT2D eigenvalue weighted by Crippen LogP contribution is 2.22. The van der Waals surface area contributed by atoms with Crippen molar-refractivity contribution in [1.82, 2.24) is 15.6 Å². The summed E-state index contributed by atoms with van der Waals surface area (Å²) in [6.45, 7) is 2.64. The van der Waals surface area contributed by atoms with Crippen molar-refractivity contribution in [3.8, 4) is 0 Å². The number of oxazole rings is 1. The fraction of sp³-hybridized carbons (Fsp3) is 0.333. The summed E-state index contributed by atoms with van der Waals surface area (Å²) in [6, 6.07) is 1.13. The van der Waals surface area contributed by atoms with Crippen LogP contribution < -0.4 is 10.6 Å². The zero-order chi connectivity index (χ0) is 16.6. The Labute approximate surface area is 129 Å². The highest BCUT2D eigenvalue weighted by molar-refractivity contribution is 5.93. The Kier molecular flexibility index (Phi) is 4.08. The molecule has 122 valence electrons. The third-order valence-electron chi connectivity index (χ3n) is 3.69. The molecule has 0 bridgehead atoms. The van der Waals surface area contributed by atoms with Crippen molar-refractivity contribution in [3.63, 3.8) is 0 Å². The van der Waals surface area contributed by atoms with Crippen LogP contribution in [0.2, 0.25) is 0 Å². The topological polar surface area (TPSA) is 67.2 Å². The van der Waals surface area contributed by atoms with Gasteiger partial charge >= 0.3 is 0 Å². The van der Waals surface area contributed by atoms with E-state index in [-0.39, 0.29) is 11.6 Å². The van der Waals surface area contributed by atoms with Gasteiger partial charge in [-0.2, -0.15) is 0 Å². The van der Waals surface area contributed by atoms with Gasteiger partial charge in [-0.05, 0) is 6.92 Å². The minimum absolute atomic E-state index is 0.0785. The van der Waals surface area contributed by atoms with Gasteiger partial charge in [0.2, 0.25) is 5.89 Å². The third-order valence-corrected chi connectivity index (χ3v) is 3.69. The van der Waals surface area contributed by atoms with Crippen LogP contribution in [0.3, 0.4) is 0 Å². The number of benzene rings is 1. The second-order valence-corrected chi connectivity index (χ2v) is 5.34. The quantitative estimate of drug-likeness (QED) is 0.902. The zero-order valence-electron chi connectivity index (χ0n) is 12.3. The maximum atomic E-state index is 13.5. The lowest BCUT2D eigenvalue weighted by Crippen LogP contribution is -2.40. The summed E-state index contributed by atoms with van der Waals surface area (Å²) in [7, 11) is 0. The minimum Gasteiger partial charge on any atom is -0.445 e. The van der Waals surface area contributed by atoms with Crippen molar-refractivity contribution in [3.05, 3.63) is 52.5 Å². The van der Waals surface area contributed by atoms with E-state index in [1.165, 1.54) is 0 Å². The maximum absolute atomic E-state index is 13.5. The molecule has 1 aliphatic heterocycles. The predicted octanol–water partition coefficient (Wildman–Crippen LogP) is 2.02. The summed E-state index contributed by atoms with van der Waals surface area (Å²) in [5.74, 6) is -2.80. The molecule has 2 N–H and O–H groups in total. The number of rotatable bonds is 4. The highest BCUT2D eigenvalue weighted by Gasteiger charge is 2.27. The first kappa shape index (κ1) is 15.5. The Balaban J connectivity index is 1.71. The van der Waals surface area contributed by atoms with E-state index in [1.54, 1.807) is 6.92 Å². The van der Waals surface area contributed by atoms with Gasteiger partial charge in [-0.3, -0.25) is 4.79 Å². The summed E-state index contributed by atoms with van der Waals surface area (Å²) in [5.41, 5.74) is -0.334. The van der Waals surface area contributed by atoms with E-state index in [0.717, 1.165) is 13.1 Å². The molecule has 1 aromatic carbocycles. The van der Waals surface area contributed by atoms with Crippen LogP contribution in [0, 0.1) is 24.4 Å².